The average molecular weight is 368 g/mol. The molecule has 2 aromatic heterocycles. The summed E-state index contributed by atoms with van der Waals surface area (Å²) in [5.74, 6) is 0.942. The number of aromatic amines is 1. The summed E-state index contributed by atoms with van der Waals surface area (Å²) in [4.78, 5) is 29.8. The Bertz CT molecular complexity index is 1000. The zero-order chi connectivity index (χ0) is 19.0. The van der Waals surface area contributed by atoms with E-state index in [0.29, 0.717) is 25.9 Å². The Hall–Kier alpha value is -2.83. The van der Waals surface area contributed by atoms with Crippen LogP contribution in [-0.2, 0) is 11.2 Å². The molecule has 1 fully saturated rings. The molecule has 0 bridgehead atoms. The number of rotatable bonds is 4. The molecule has 1 saturated heterocycles. The lowest BCUT2D eigenvalue weighted by atomic mass is 10.0. The van der Waals surface area contributed by atoms with E-state index in [1.807, 2.05) is 47.6 Å². The topological polar surface area (TPSA) is 84.1 Å². The molecule has 1 aliphatic rings. The number of para-hydroxylation sites is 2. The molecule has 3 heterocycles. The number of H-pyrrole nitrogens is 1. The molecule has 0 atom stereocenters. The number of hydrogen-bond donors (Lipinski definition) is 1. The van der Waals surface area contributed by atoms with Crippen LogP contribution in [0, 0.1) is 13.8 Å². The second-order valence-electron chi connectivity index (χ2n) is 7.23. The second kappa shape index (κ2) is 7.06. The van der Waals surface area contributed by atoms with Gasteiger partial charge in [-0.05, 0) is 45.2 Å². The van der Waals surface area contributed by atoms with Crippen molar-refractivity contribution in [2.75, 3.05) is 13.1 Å². The first-order valence-electron chi connectivity index (χ1n) is 9.43. The molecule has 0 unspecified atom stereocenters. The number of likely N-dealkylation sites (tertiary alicyclic amines) is 1. The molecule has 3 aromatic rings. The fraction of sp³-hybridized carbons (Fsp3) is 0.450. The largest absolute Gasteiger partial charge is 0.361 e. The molecular weight excluding hydrogens is 344 g/mol. The molecule has 0 saturated carbocycles. The summed E-state index contributed by atoms with van der Waals surface area (Å²) < 4.78 is 7.01. The predicted molar refractivity (Wildman–Crippen MR) is 102 cm³/mol. The lowest BCUT2D eigenvalue weighted by Gasteiger charge is -2.32. The van der Waals surface area contributed by atoms with Crippen molar-refractivity contribution in [1.29, 1.82) is 0 Å². The predicted octanol–water partition coefficient (Wildman–Crippen LogP) is 2.73. The molecule has 0 spiro atoms. The Morgan fingerprint density at radius 2 is 2.00 bits per heavy atom. The summed E-state index contributed by atoms with van der Waals surface area (Å²) in [5, 5.41) is 3.94. The van der Waals surface area contributed by atoms with E-state index in [0.717, 1.165) is 40.9 Å². The van der Waals surface area contributed by atoms with Crippen LogP contribution in [-0.4, -0.2) is 38.6 Å². The monoisotopic (exact) mass is 368 g/mol. The number of imidazole rings is 1. The SMILES string of the molecule is Cc1noc(C)c1CCC(=O)N1CCC(n2c(=O)[nH]c3ccccc32)CC1. The lowest BCUT2D eigenvalue weighted by molar-refractivity contribution is -0.132. The molecule has 1 amide bonds. The van der Waals surface area contributed by atoms with Crippen LogP contribution in [0.3, 0.4) is 0 Å². The van der Waals surface area contributed by atoms with Crippen LogP contribution in [0.2, 0.25) is 0 Å². The minimum atomic E-state index is -0.0700. The molecule has 0 aliphatic carbocycles. The highest BCUT2D eigenvalue weighted by molar-refractivity contribution is 5.77. The normalized spacial score (nSPS) is 15.6. The fourth-order valence-electron chi connectivity index (χ4n) is 4.06. The maximum absolute atomic E-state index is 12.6. The maximum Gasteiger partial charge on any atom is 0.326 e. The molecular formula is C20H24N4O3. The van der Waals surface area contributed by atoms with Crippen molar-refractivity contribution in [3.8, 4) is 0 Å². The molecule has 4 rings (SSSR count). The number of hydrogen-bond acceptors (Lipinski definition) is 4. The van der Waals surface area contributed by atoms with Crippen molar-refractivity contribution in [1.82, 2.24) is 19.6 Å². The third kappa shape index (κ3) is 3.29. The third-order valence-corrected chi connectivity index (χ3v) is 5.58. The smallest absolute Gasteiger partial charge is 0.326 e. The number of nitrogens with one attached hydrogen (secondary N) is 1. The van der Waals surface area contributed by atoms with Gasteiger partial charge in [0, 0.05) is 31.1 Å². The summed E-state index contributed by atoms with van der Waals surface area (Å²) in [6.07, 6.45) is 2.69. The van der Waals surface area contributed by atoms with Gasteiger partial charge in [0.05, 0.1) is 16.7 Å². The van der Waals surface area contributed by atoms with Gasteiger partial charge in [-0.2, -0.15) is 0 Å². The van der Waals surface area contributed by atoms with Crippen LogP contribution in [0.25, 0.3) is 11.0 Å². The van der Waals surface area contributed by atoms with Crippen LogP contribution in [0.1, 0.15) is 42.3 Å². The van der Waals surface area contributed by atoms with Gasteiger partial charge in [0.1, 0.15) is 5.76 Å². The van der Waals surface area contributed by atoms with E-state index in [1.165, 1.54) is 0 Å². The summed E-state index contributed by atoms with van der Waals surface area (Å²) in [6, 6.07) is 7.87. The summed E-state index contributed by atoms with van der Waals surface area (Å²) >= 11 is 0. The highest BCUT2D eigenvalue weighted by Crippen LogP contribution is 2.25. The Morgan fingerprint density at radius 3 is 2.70 bits per heavy atom. The highest BCUT2D eigenvalue weighted by atomic mass is 16.5. The van der Waals surface area contributed by atoms with Crippen molar-refractivity contribution in [3.63, 3.8) is 0 Å². The number of nitrogens with zero attached hydrogens (tertiary/aromatic N) is 3. The van der Waals surface area contributed by atoms with E-state index in [2.05, 4.69) is 10.1 Å². The highest BCUT2D eigenvalue weighted by Gasteiger charge is 2.26. The zero-order valence-electron chi connectivity index (χ0n) is 15.7. The maximum atomic E-state index is 12.6. The first-order valence-corrected chi connectivity index (χ1v) is 9.43. The number of fused-ring (bicyclic) bond motifs is 1. The van der Waals surface area contributed by atoms with E-state index in [1.54, 1.807) is 0 Å². The number of piperidine rings is 1. The van der Waals surface area contributed by atoms with Gasteiger partial charge in [-0.3, -0.25) is 9.36 Å². The van der Waals surface area contributed by atoms with Gasteiger partial charge in [0.15, 0.2) is 0 Å². The van der Waals surface area contributed by atoms with Gasteiger partial charge in [-0.15, -0.1) is 0 Å². The number of carbonyl (C=O) groups excluding carboxylic acids is 1. The van der Waals surface area contributed by atoms with Crippen molar-refractivity contribution in [2.24, 2.45) is 0 Å². The second-order valence-corrected chi connectivity index (χ2v) is 7.23. The summed E-state index contributed by atoms with van der Waals surface area (Å²) in [6.45, 7) is 5.14. The molecule has 7 nitrogen and oxygen atoms in total. The number of carbonyl (C=O) groups is 1. The minimum absolute atomic E-state index is 0.0700. The molecule has 7 heteroatoms. The molecule has 0 radical (unpaired) electrons. The van der Waals surface area contributed by atoms with Crippen molar-refractivity contribution in [3.05, 3.63) is 51.8 Å². The first-order chi connectivity index (χ1) is 13.0. The minimum Gasteiger partial charge on any atom is -0.361 e. The van der Waals surface area contributed by atoms with E-state index in [4.69, 9.17) is 4.52 Å². The van der Waals surface area contributed by atoms with Crippen LogP contribution in [0.4, 0.5) is 0 Å². The van der Waals surface area contributed by atoms with Crippen LogP contribution in [0.5, 0.6) is 0 Å². The Morgan fingerprint density at radius 1 is 1.26 bits per heavy atom. The Balaban J connectivity index is 1.39. The first kappa shape index (κ1) is 17.6. The van der Waals surface area contributed by atoms with Crippen LogP contribution in [0.15, 0.2) is 33.6 Å². The third-order valence-electron chi connectivity index (χ3n) is 5.58. The molecule has 27 heavy (non-hydrogen) atoms. The number of aromatic nitrogens is 3. The van der Waals surface area contributed by atoms with E-state index in [-0.39, 0.29) is 17.6 Å². The van der Waals surface area contributed by atoms with Gasteiger partial charge < -0.3 is 14.4 Å². The van der Waals surface area contributed by atoms with E-state index in [9.17, 15) is 9.59 Å². The zero-order valence-corrected chi connectivity index (χ0v) is 15.7. The van der Waals surface area contributed by atoms with Crippen molar-refractivity contribution < 1.29 is 9.32 Å². The summed E-state index contributed by atoms with van der Waals surface area (Å²) in [7, 11) is 0. The number of benzene rings is 1. The molecule has 1 aromatic carbocycles. The van der Waals surface area contributed by atoms with E-state index >= 15 is 0 Å². The van der Waals surface area contributed by atoms with Crippen LogP contribution >= 0.6 is 0 Å². The van der Waals surface area contributed by atoms with Gasteiger partial charge in [0.25, 0.3) is 0 Å². The van der Waals surface area contributed by atoms with Gasteiger partial charge in [0.2, 0.25) is 5.91 Å². The van der Waals surface area contributed by atoms with Crippen LogP contribution < -0.4 is 5.69 Å². The molecule has 1 N–H and O–H groups in total. The van der Waals surface area contributed by atoms with Gasteiger partial charge in [-0.1, -0.05) is 17.3 Å². The molecule has 1 aliphatic heterocycles. The Kier molecular flexibility index (Phi) is 4.59. The quantitative estimate of drug-likeness (QED) is 0.767. The van der Waals surface area contributed by atoms with Gasteiger partial charge in [-0.25, -0.2) is 4.79 Å². The van der Waals surface area contributed by atoms with Crippen molar-refractivity contribution in [2.45, 2.75) is 45.6 Å². The number of aryl methyl sites for hydroxylation is 2. The summed E-state index contributed by atoms with van der Waals surface area (Å²) in [5.41, 5.74) is 3.62. The van der Waals surface area contributed by atoms with Crippen molar-refractivity contribution >= 4 is 16.9 Å². The lowest BCUT2D eigenvalue weighted by Crippen LogP contribution is -2.40. The van der Waals surface area contributed by atoms with Gasteiger partial charge >= 0.3 is 5.69 Å². The standard InChI is InChI=1S/C20H24N4O3/c1-13-16(14(2)27-22-13)7-8-19(25)23-11-9-15(10-12-23)24-18-6-4-3-5-17(18)21-20(24)26/h3-6,15H,7-12H2,1-2H3,(H,21,26). The van der Waals surface area contributed by atoms with E-state index < -0.39 is 0 Å². The fourth-order valence-corrected chi connectivity index (χ4v) is 4.06. The Labute approximate surface area is 157 Å². The molecule has 142 valence electrons. The number of amides is 1. The average Bonchev–Trinajstić information content (AvgIpc) is 3.18.